The van der Waals surface area contributed by atoms with E-state index < -0.39 is 0 Å². The van der Waals surface area contributed by atoms with Gasteiger partial charge < -0.3 is 20.1 Å². The summed E-state index contributed by atoms with van der Waals surface area (Å²) in [6.45, 7) is 0. The van der Waals surface area contributed by atoms with Crippen molar-refractivity contribution in [3.8, 4) is 11.5 Å². The number of carbonyl (C=O) groups excluding carboxylic acids is 1. The van der Waals surface area contributed by atoms with Gasteiger partial charge in [-0.15, -0.1) is 0 Å². The van der Waals surface area contributed by atoms with E-state index in [4.69, 9.17) is 9.47 Å². The number of hydrogen-bond donors (Lipinski definition) is 2. The molecule has 6 heteroatoms. The minimum absolute atomic E-state index is 0.0556. The minimum atomic E-state index is -0.0556. The van der Waals surface area contributed by atoms with Gasteiger partial charge in [0.25, 0.3) is 5.91 Å². The molecule has 144 valence electrons. The van der Waals surface area contributed by atoms with Crippen molar-refractivity contribution in [1.82, 2.24) is 10.3 Å². The number of carbonyl (C=O) groups is 1. The van der Waals surface area contributed by atoms with Gasteiger partial charge in [-0.3, -0.25) is 4.79 Å². The van der Waals surface area contributed by atoms with Crippen molar-refractivity contribution in [3.63, 3.8) is 0 Å². The normalized spacial score (nSPS) is 14.9. The van der Waals surface area contributed by atoms with Gasteiger partial charge in [-0.05, 0) is 37.1 Å². The Kier molecular flexibility index (Phi) is 6.52. The first kappa shape index (κ1) is 19.0. The van der Waals surface area contributed by atoms with Crippen LogP contribution in [0.1, 0.15) is 48.9 Å². The van der Waals surface area contributed by atoms with Crippen LogP contribution in [0.15, 0.2) is 36.5 Å². The van der Waals surface area contributed by atoms with Gasteiger partial charge in [0.2, 0.25) is 0 Å². The number of hydrogen-bond acceptors (Lipinski definition) is 5. The Bertz CT molecular complexity index is 754. The van der Waals surface area contributed by atoms with Crippen LogP contribution in [0.5, 0.6) is 11.5 Å². The van der Waals surface area contributed by atoms with Crippen molar-refractivity contribution >= 4 is 17.4 Å². The molecule has 1 aliphatic carbocycles. The Morgan fingerprint density at radius 3 is 2.44 bits per heavy atom. The lowest BCUT2D eigenvalue weighted by Crippen LogP contribution is -2.34. The number of pyridine rings is 1. The van der Waals surface area contributed by atoms with Gasteiger partial charge in [-0.1, -0.05) is 25.7 Å². The predicted octanol–water partition coefficient (Wildman–Crippen LogP) is 4.30. The highest BCUT2D eigenvalue weighted by atomic mass is 16.5. The van der Waals surface area contributed by atoms with E-state index in [1.54, 1.807) is 32.5 Å². The Morgan fingerprint density at radius 2 is 1.81 bits per heavy atom. The van der Waals surface area contributed by atoms with Crippen molar-refractivity contribution in [2.75, 3.05) is 19.5 Å². The van der Waals surface area contributed by atoms with Crippen LogP contribution in [0, 0.1) is 0 Å². The number of benzene rings is 1. The molecule has 2 N–H and O–H groups in total. The minimum Gasteiger partial charge on any atom is -0.497 e. The molecule has 0 spiro atoms. The molecule has 0 bridgehead atoms. The van der Waals surface area contributed by atoms with Crippen LogP contribution in [-0.2, 0) is 0 Å². The Hall–Kier alpha value is -2.76. The summed E-state index contributed by atoms with van der Waals surface area (Å²) in [5, 5.41) is 6.35. The lowest BCUT2D eigenvalue weighted by atomic mass is 10.1. The predicted molar refractivity (Wildman–Crippen MR) is 106 cm³/mol. The van der Waals surface area contributed by atoms with Crippen molar-refractivity contribution < 1.29 is 14.3 Å². The van der Waals surface area contributed by atoms with E-state index in [9.17, 15) is 4.79 Å². The molecular formula is C21H27N3O3. The zero-order valence-electron chi connectivity index (χ0n) is 16.0. The molecular weight excluding hydrogens is 342 g/mol. The molecule has 0 saturated heterocycles. The molecule has 1 amide bonds. The van der Waals surface area contributed by atoms with Crippen LogP contribution in [0.2, 0.25) is 0 Å². The third kappa shape index (κ3) is 5.12. The lowest BCUT2D eigenvalue weighted by Gasteiger charge is -2.16. The zero-order valence-corrected chi connectivity index (χ0v) is 16.0. The van der Waals surface area contributed by atoms with Crippen molar-refractivity contribution in [1.29, 1.82) is 0 Å². The van der Waals surface area contributed by atoms with Crippen molar-refractivity contribution in [3.05, 3.63) is 42.1 Å². The molecule has 1 heterocycles. The number of aromatic nitrogens is 1. The SMILES string of the molecule is COc1ccc(OC)c(Nc2ccc(C(=O)NC3CCCCCC3)cn2)c1. The molecule has 0 atom stereocenters. The van der Waals surface area contributed by atoms with Crippen LogP contribution in [0.3, 0.4) is 0 Å². The number of rotatable bonds is 6. The van der Waals surface area contributed by atoms with E-state index >= 15 is 0 Å². The van der Waals surface area contributed by atoms with Gasteiger partial charge in [-0.25, -0.2) is 4.98 Å². The molecule has 3 rings (SSSR count). The van der Waals surface area contributed by atoms with Crippen LogP contribution in [0.25, 0.3) is 0 Å². The van der Waals surface area contributed by atoms with Crippen LogP contribution in [-0.4, -0.2) is 31.2 Å². The second-order valence-electron chi connectivity index (χ2n) is 6.79. The first-order valence-corrected chi connectivity index (χ1v) is 9.45. The zero-order chi connectivity index (χ0) is 19.1. The maximum Gasteiger partial charge on any atom is 0.253 e. The Labute approximate surface area is 160 Å². The number of nitrogens with one attached hydrogen (secondary N) is 2. The van der Waals surface area contributed by atoms with E-state index in [-0.39, 0.29) is 11.9 Å². The van der Waals surface area contributed by atoms with Crippen LogP contribution < -0.4 is 20.1 Å². The first-order chi connectivity index (χ1) is 13.2. The molecule has 1 aliphatic rings. The van der Waals surface area contributed by atoms with E-state index in [2.05, 4.69) is 15.6 Å². The number of methoxy groups -OCH3 is 2. The van der Waals surface area contributed by atoms with Gasteiger partial charge in [0.05, 0.1) is 25.5 Å². The van der Waals surface area contributed by atoms with Gasteiger partial charge in [0, 0.05) is 18.3 Å². The van der Waals surface area contributed by atoms with Gasteiger partial charge >= 0.3 is 0 Å². The standard InChI is InChI=1S/C21H27N3O3/c1-26-17-10-11-19(27-2)18(13-17)24-20-12-9-15(14-22-20)21(25)23-16-7-5-3-4-6-8-16/h9-14,16H,3-8H2,1-2H3,(H,22,24)(H,23,25). The molecule has 1 saturated carbocycles. The van der Waals surface area contributed by atoms with E-state index in [0.717, 1.165) is 24.3 Å². The summed E-state index contributed by atoms with van der Waals surface area (Å²) >= 11 is 0. The Balaban J connectivity index is 1.65. The second kappa shape index (κ2) is 9.26. The summed E-state index contributed by atoms with van der Waals surface area (Å²) in [4.78, 5) is 16.8. The average Bonchev–Trinajstić information content (AvgIpc) is 2.97. The number of anilines is 2. The van der Waals surface area contributed by atoms with Crippen molar-refractivity contribution in [2.45, 2.75) is 44.6 Å². The average molecular weight is 369 g/mol. The lowest BCUT2D eigenvalue weighted by molar-refractivity contribution is 0.0933. The monoisotopic (exact) mass is 369 g/mol. The maximum atomic E-state index is 12.5. The number of amides is 1. The molecule has 27 heavy (non-hydrogen) atoms. The third-order valence-electron chi connectivity index (χ3n) is 4.89. The molecule has 6 nitrogen and oxygen atoms in total. The molecule has 0 radical (unpaired) electrons. The fraction of sp³-hybridized carbons (Fsp3) is 0.429. The molecule has 0 aliphatic heterocycles. The second-order valence-corrected chi connectivity index (χ2v) is 6.79. The summed E-state index contributed by atoms with van der Waals surface area (Å²) in [5.74, 6) is 1.98. The van der Waals surface area contributed by atoms with Crippen LogP contribution >= 0.6 is 0 Å². The highest BCUT2D eigenvalue weighted by Crippen LogP contribution is 2.31. The van der Waals surface area contributed by atoms with Crippen molar-refractivity contribution in [2.24, 2.45) is 0 Å². The summed E-state index contributed by atoms with van der Waals surface area (Å²) in [5.41, 5.74) is 1.32. The molecule has 1 fully saturated rings. The van der Waals surface area contributed by atoms with E-state index in [0.29, 0.717) is 17.1 Å². The van der Waals surface area contributed by atoms with Gasteiger partial charge in [-0.2, -0.15) is 0 Å². The van der Waals surface area contributed by atoms with E-state index in [1.807, 2.05) is 18.2 Å². The third-order valence-corrected chi connectivity index (χ3v) is 4.89. The molecule has 1 aromatic heterocycles. The number of ether oxygens (including phenoxy) is 2. The largest absolute Gasteiger partial charge is 0.497 e. The summed E-state index contributed by atoms with van der Waals surface area (Å²) in [6, 6.07) is 9.36. The Morgan fingerprint density at radius 1 is 1.04 bits per heavy atom. The topological polar surface area (TPSA) is 72.5 Å². The fourth-order valence-corrected chi connectivity index (χ4v) is 3.34. The highest BCUT2D eigenvalue weighted by Gasteiger charge is 2.16. The quantitative estimate of drug-likeness (QED) is 0.743. The summed E-state index contributed by atoms with van der Waals surface area (Å²) in [7, 11) is 3.23. The van der Waals surface area contributed by atoms with Gasteiger partial charge in [0.15, 0.2) is 0 Å². The summed E-state index contributed by atoms with van der Waals surface area (Å²) < 4.78 is 10.6. The van der Waals surface area contributed by atoms with Gasteiger partial charge in [0.1, 0.15) is 17.3 Å². The maximum absolute atomic E-state index is 12.5. The van der Waals surface area contributed by atoms with Crippen LogP contribution in [0.4, 0.5) is 11.5 Å². The summed E-state index contributed by atoms with van der Waals surface area (Å²) in [6.07, 6.45) is 8.64. The smallest absolute Gasteiger partial charge is 0.253 e. The van der Waals surface area contributed by atoms with E-state index in [1.165, 1.54) is 25.7 Å². The highest BCUT2D eigenvalue weighted by molar-refractivity contribution is 5.94. The first-order valence-electron chi connectivity index (χ1n) is 9.45. The fourth-order valence-electron chi connectivity index (χ4n) is 3.34. The molecule has 1 aromatic carbocycles. The molecule has 2 aromatic rings. The number of nitrogens with zero attached hydrogens (tertiary/aromatic N) is 1. The molecule has 0 unspecified atom stereocenters.